The number of carboxylic acids is 1. The normalized spacial score (nSPS) is 10.7. The molecular weight excluding hydrogens is 630 g/mol. The van der Waals surface area contributed by atoms with Gasteiger partial charge in [0.1, 0.15) is 11.5 Å². The molecule has 0 bridgehead atoms. The number of nitrogen functional groups attached to an aromatic ring is 2. The van der Waals surface area contributed by atoms with Crippen molar-refractivity contribution in [3.8, 4) is 28.2 Å². The molecule has 0 amide bonds. The van der Waals surface area contributed by atoms with Crippen LogP contribution in [0.2, 0.25) is 0 Å². The van der Waals surface area contributed by atoms with Crippen LogP contribution in [0.1, 0.15) is 70.2 Å². The van der Waals surface area contributed by atoms with E-state index in [0.29, 0.717) is 11.4 Å². The van der Waals surface area contributed by atoms with Crippen LogP contribution in [0.25, 0.3) is 28.2 Å². The number of hydrogen-bond donors (Lipinski definition) is 3. The molecule has 0 fully saturated rings. The Kier molecular flexibility index (Phi) is 11.3. The molecule has 4 aromatic heterocycles. The Hall–Kier alpha value is -6.30. The molecule has 0 unspecified atom stereocenters. The van der Waals surface area contributed by atoms with E-state index in [1.807, 2.05) is 60.2 Å². The van der Waals surface area contributed by atoms with Gasteiger partial charge in [0.15, 0.2) is 23.1 Å². The van der Waals surface area contributed by atoms with Gasteiger partial charge in [-0.1, -0.05) is 75.2 Å². The topological polar surface area (TPSA) is 189 Å². The summed E-state index contributed by atoms with van der Waals surface area (Å²) in [5.74, 6) is -0.497. The highest BCUT2D eigenvalue weighted by molar-refractivity contribution is 6.00. The number of pyridine rings is 1. The van der Waals surface area contributed by atoms with Gasteiger partial charge < -0.3 is 21.1 Å². The van der Waals surface area contributed by atoms with Gasteiger partial charge in [0.25, 0.3) is 0 Å². The van der Waals surface area contributed by atoms with E-state index in [9.17, 15) is 9.59 Å². The fourth-order valence-corrected chi connectivity index (χ4v) is 5.38. The molecule has 0 saturated heterocycles. The molecule has 5 N–H and O–H groups in total. The monoisotopic (exact) mass is 669 g/mol. The van der Waals surface area contributed by atoms with E-state index in [4.69, 9.17) is 16.6 Å². The highest BCUT2D eigenvalue weighted by Crippen LogP contribution is 2.23. The van der Waals surface area contributed by atoms with Crippen molar-refractivity contribution in [2.45, 2.75) is 52.9 Å². The third kappa shape index (κ3) is 8.40. The predicted molar refractivity (Wildman–Crippen MR) is 193 cm³/mol. The molecule has 4 heterocycles. The van der Waals surface area contributed by atoms with Gasteiger partial charge in [0, 0.05) is 47.9 Å². The van der Waals surface area contributed by atoms with Crippen LogP contribution >= 0.6 is 0 Å². The molecule has 0 spiro atoms. The maximum atomic E-state index is 13.1. The number of benzene rings is 2. The molecule has 0 atom stereocenters. The number of ketones is 1. The second-order valence-corrected chi connectivity index (χ2v) is 11.6. The number of aromatic nitrogens is 7. The first-order chi connectivity index (χ1) is 24.2. The number of hydrogen-bond acceptors (Lipinski definition) is 10. The predicted octanol–water partition coefficient (Wildman–Crippen LogP) is 6.37. The zero-order valence-electron chi connectivity index (χ0n) is 28.2. The molecule has 6 aromatic rings. The molecule has 0 aliphatic carbocycles. The van der Waals surface area contributed by atoms with E-state index in [2.05, 4.69) is 55.9 Å². The summed E-state index contributed by atoms with van der Waals surface area (Å²) in [7, 11) is 0. The van der Waals surface area contributed by atoms with Crippen LogP contribution in [0, 0.1) is 6.92 Å². The van der Waals surface area contributed by atoms with E-state index in [1.54, 1.807) is 24.8 Å². The fraction of sp³-hybridized carbons (Fsp3) is 0.211. The van der Waals surface area contributed by atoms with Crippen molar-refractivity contribution in [1.82, 2.24) is 34.5 Å². The van der Waals surface area contributed by atoms with Crippen LogP contribution in [0.3, 0.4) is 0 Å². The van der Waals surface area contributed by atoms with Gasteiger partial charge in [-0.25, -0.2) is 29.7 Å². The molecule has 254 valence electrons. The smallest absolute Gasteiger partial charge is 0.358 e. The molecule has 6 rings (SSSR count). The zero-order valence-corrected chi connectivity index (χ0v) is 28.2. The molecule has 12 heteroatoms. The average Bonchev–Trinajstić information content (AvgIpc) is 3.55. The molecule has 12 nitrogen and oxygen atoms in total. The van der Waals surface area contributed by atoms with Crippen molar-refractivity contribution in [2.75, 3.05) is 11.5 Å². The number of nitrogens with two attached hydrogens (primary N) is 2. The van der Waals surface area contributed by atoms with Crippen molar-refractivity contribution < 1.29 is 14.7 Å². The third-order valence-corrected chi connectivity index (χ3v) is 7.96. The first-order valence-corrected chi connectivity index (χ1v) is 16.3. The maximum Gasteiger partial charge on any atom is 0.358 e. The van der Waals surface area contributed by atoms with Gasteiger partial charge in [-0.2, -0.15) is 0 Å². The molecular formula is C38H39N9O3. The first kappa shape index (κ1) is 35.0. The molecule has 2 aromatic carbocycles. The van der Waals surface area contributed by atoms with Crippen molar-refractivity contribution in [3.63, 3.8) is 0 Å². The number of Topliss-reactive ketones (excluding diaryl/α,β-unsaturated/α-hetero) is 1. The number of anilines is 2. The van der Waals surface area contributed by atoms with Crippen molar-refractivity contribution in [2.24, 2.45) is 0 Å². The Morgan fingerprint density at radius 2 is 1.26 bits per heavy atom. The van der Waals surface area contributed by atoms with Crippen molar-refractivity contribution in [3.05, 3.63) is 126 Å². The highest BCUT2D eigenvalue weighted by Gasteiger charge is 2.18. The van der Waals surface area contributed by atoms with Gasteiger partial charge in [-0.15, -0.1) is 0 Å². The van der Waals surface area contributed by atoms with Gasteiger partial charge >= 0.3 is 5.97 Å². The van der Waals surface area contributed by atoms with Gasteiger partial charge in [-0.3, -0.25) is 9.78 Å². The van der Waals surface area contributed by atoms with Gasteiger partial charge in [-0.05, 0) is 37.0 Å². The van der Waals surface area contributed by atoms with Crippen molar-refractivity contribution >= 4 is 23.4 Å². The lowest BCUT2D eigenvalue weighted by molar-refractivity contribution is 0.0691. The van der Waals surface area contributed by atoms with Crippen LogP contribution < -0.4 is 11.5 Å². The second kappa shape index (κ2) is 16.2. The van der Waals surface area contributed by atoms with E-state index < -0.39 is 5.97 Å². The van der Waals surface area contributed by atoms with Gasteiger partial charge in [0.2, 0.25) is 0 Å². The largest absolute Gasteiger partial charge is 0.476 e. The summed E-state index contributed by atoms with van der Waals surface area (Å²) in [6.45, 7) is 6.18. The Morgan fingerprint density at radius 3 is 1.76 bits per heavy atom. The lowest BCUT2D eigenvalue weighted by atomic mass is 10.0. The summed E-state index contributed by atoms with van der Waals surface area (Å²) in [4.78, 5) is 49.2. The number of imidazole rings is 1. The second-order valence-electron chi connectivity index (χ2n) is 11.6. The summed E-state index contributed by atoms with van der Waals surface area (Å²) in [5, 5.41) is 8.97. The van der Waals surface area contributed by atoms with Crippen LogP contribution in [-0.2, 0) is 19.3 Å². The Balaban J connectivity index is 0.000000219. The van der Waals surface area contributed by atoms with Crippen LogP contribution in [-0.4, -0.2) is 51.3 Å². The number of carbonyl (C=O) groups excluding carboxylic acids is 1. The summed E-state index contributed by atoms with van der Waals surface area (Å²) in [6, 6.07) is 17.9. The number of aryl methyl sites for hydroxylation is 3. The number of carbonyl (C=O) groups is 2. The maximum absolute atomic E-state index is 13.1. The lowest BCUT2D eigenvalue weighted by Crippen LogP contribution is -2.13. The van der Waals surface area contributed by atoms with E-state index in [-0.39, 0.29) is 35.2 Å². The molecule has 0 saturated carbocycles. The zero-order chi connectivity index (χ0) is 35.6. The van der Waals surface area contributed by atoms with Crippen LogP contribution in [0.5, 0.6) is 0 Å². The minimum atomic E-state index is -1.17. The highest BCUT2D eigenvalue weighted by atomic mass is 16.4. The molecule has 0 radical (unpaired) electrons. The van der Waals surface area contributed by atoms with Crippen LogP contribution in [0.4, 0.5) is 11.6 Å². The summed E-state index contributed by atoms with van der Waals surface area (Å²) >= 11 is 0. The Labute approximate surface area is 290 Å². The summed E-state index contributed by atoms with van der Waals surface area (Å²) < 4.78 is 1.92. The number of rotatable bonds is 11. The SMILES string of the molecule is CCCc1ccc(-c2cnc(N)c(C(=O)Cc3cnccc3-n3ccnc3C)n2)cc1.CCCc1ccc(-c2cnc(N)c(C(=O)O)n2)cc1. The standard InChI is InChI=1S/C24H24N6O.C14H15N3O2/c1-3-4-17-5-7-18(8-6-17)20-15-28-24(25)23(29-20)22(31)13-19-14-26-10-9-21(19)30-12-11-27-16(30)2;1-2-3-9-4-6-10(7-5-9)11-8-16-13(15)12(17-11)14(18)19/h5-12,14-15H,3-4,13H2,1-2H3,(H2,25,28);4-8H,2-3H2,1H3,(H2,15,16)(H,18,19). The molecule has 50 heavy (non-hydrogen) atoms. The summed E-state index contributed by atoms with van der Waals surface area (Å²) in [5.41, 5.74) is 18.5. The van der Waals surface area contributed by atoms with E-state index in [1.165, 1.54) is 17.3 Å². The Morgan fingerprint density at radius 1 is 0.720 bits per heavy atom. The number of carboxylic acid groups (broad SMARTS) is 1. The molecule has 0 aliphatic rings. The third-order valence-electron chi connectivity index (χ3n) is 7.96. The minimum absolute atomic E-state index is 0.0705. The lowest BCUT2D eigenvalue weighted by Gasteiger charge is -2.11. The van der Waals surface area contributed by atoms with E-state index >= 15 is 0 Å². The van der Waals surface area contributed by atoms with Crippen LogP contribution in [0.15, 0.2) is 91.8 Å². The number of aromatic carboxylic acids is 1. The average molecular weight is 670 g/mol. The van der Waals surface area contributed by atoms with Gasteiger partial charge in [0.05, 0.1) is 29.5 Å². The van der Waals surface area contributed by atoms with Crippen molar-refractivity contribution in [1.29, 1.82) is 0 Å². The summed E-state index contributed by atoms with van der Waals surface area (Å²) in [6.07, 6.45) is 14.4. The minimum Gasteiger partial charge on any atom is -0.476 e. The molecule has 0 aliphatic heterocycles. The Bertz CT molecular complexity index is 2090. The first-order valence-electron chi connectivity index (χ1n) is 16.3. The van der Waals surface area contributed by atoms with E-state index in [0.717, 1.165) is 53.9 Å². The quantitative estimate of drug-likeness (QED) is 0.130. The fourth-order valence-electron chi connectivity index (χ4n) is 5.38. The number of nitrogens with zero attached hydrogens (tertiary/aromatic N) is 7.